The third-order valence-corrected chi connectivity index (χ3v) is 2.19. The number of carboxylic acids is 1. The molecule has 11 heavy (non-hydrogen) atoms. The molecule has 3 heteroatoms. The summed E-state index contributed by atoms with van der Waals surface area (Å²) < 4.78 is 0. The molecule has 0 bridgehead atoms. The van der Waals surface area contributed by atoms with E-state index in [1.165, 1.54) is 19.3 Å². The molecule has 0 amide bonds. The molecule has 1 N–H and O–H groups in total. The normalized spacial score (nSPS) is 18.9. The van der Waals surface area contributed by atoms with E-state index >= 15 is 0 Å². The molecule has 1 aliphatic rings. The van der Waals surface area contributed by atoms with Gasteiger partial charge in [0.05, 0.1) is 0 Å². The van der Waals surface area contributed by atoms with Gasteiger partial charge in [0.15, 0.2) is 0 Å². The summed E-state index contributed by atoms with van der Waals surface area (Å²) in [5, 5.41) is 8.47. The van der Waals surface area contributed by atoms with Gasteiger partial charge in [-0.3, -0.25) is 4.79 Å². The minimum Gasteiger partial charge on any atom is -0.481 e. The van der Waals surface area contributed by atoms with E-state index in [9.17, 15) is 4.79 Å². The number of hydrogen-bond acceptors (Lipinski definition) is 1. The Bertz CT molecular complexity index is 119. The number of aliphatic carboxylic acids is 1. The maximum Gasteiger partial charge on any atom is 0.303 e. The number of carboxylic acid groups (broad SMARTS) is 1. The highest BCUT2D eigenvalue weighted by Gasteiger charge is 2.15. The Labute approximate surface area is 83.5 Å². The Morgan fingerprint density at radius 2 is 1.82 bits per heavy atom. The molecule has 0 saturated heterocycles. The van der Waals surface area contributed by atoms with E-state index in [4.69, 9.17) is 5.11 Å². The third kappa shape index (κ3) is 4.64. The van der Waals surface area contributed by atoms with Gasteiger partial charge < -0.3 is 5.11 Å². The number of hydrogen-bond donors (Lipinski definition) is 1. The van der Waals surface area contributed by atoms with Crippen molar-refractivity contribution in [2.75, 3.05) is 0 Å². The van der Waals surface area contributed by atoms with Crippen molar-refractivity contribution in [2.45, 2.75) is 38.5 Å². The van der Waals surface area contributed by atoms with Gasteiger partial charge >= 0.3 is 5.97 Å². The highest BCUT2D eigenvalue weighted by atomic mass is 24.3. The van der Waals surface area contributed by atoms with Crippen molar-refractivity contribution >= 4 is 29.0 Å². The Morgan fingerprint density at radius 1 is 1.27 bits per heavy atom. The highest BCUT2D eigenvalue weighted by Crippen LogP contribution is 2.25. The van der Waals surface area contributed by atoms with Gasteiger partial charge in [0.1, 0.15) is 0 Å². The first-order valence-corrected chi connectivity index (χ1v) is 4.01. The van der Waals surface area contributed by atoms with E-state index in [0.717, 1.165) is 12.8 Å². The molecular weight excluding hydrogens is 152 g/mol. The van der Waals surface area contributed by atoms with E-state index in [0.29, 0.717) is 12.3 Å². The quantitative estimate of drug-likeness (QED) is 0.634. The summed E-state index contributed by atoms with van der Waals surface area (Å²) >= 11 is 0. The van der Waals surface area contributed by atoms with Crippen molar-refractivity contribution in [1.29, 1.82) is 0 Å². The van der Waals surface area contributed by atoms with Crippen molar-refractivity contribution in [3.63, 3.8) is 0 Å². The maximum absolute atomic E-state index is 10.3. The first kappa shape index (κ1) is 11.2. The van der Waals surface area contributed by atoms with E-state index in [2.05, 4.69) is 0 Å². The minimum atomic E-state index is -0.632. The Balaban J connectivity index is 0.000001000. The Morgan fingerprint density at radius 3 is 2.27 bits per heavy atom. The van der Waals surface area contributed by atoms with Gasteiger partial charge in [0, 0.05) is 29.5 Å². The highest BCUT2D eigenvalue weighted by molar-refractivity contribution is 5.75. The standard InChI is InChI=1S/C8H14O2.Mg/c9-8(10)6-7-4-2-1-3-5-7;/h7H,1-6H2,(H,9,10);. The predicted octanol–water partition coefficient (Wildman–Crippen LogP) is 1.66. The van der Waals surface area contributed by atoms with Gasteiger partial charge in [0.2, 0.25) is 0 Å². The fourth-order valence-corrected chi connectivity index (χ4v) is 1.64. The summed E-state index contributed by atoms with van der Waals surface area (Å²) in [6.07, 6.45) is 6.42. The van der Waals surface area contributed by atoms with Crippen molar-refractivity contribution in [2.24, 2.45) is 5.92 Å². The molecule has 1 saturated carbocycles. The summed E-state index contributed by atoms with van der Waals surface area (Å²) in [5.74, 6) is -0.154. The van der Waals surface area contributed by atoms with Gasteiger partial charge in [-0.05, 0) is 18.8 Å². The first-order chi connectivity index (χ1) is 4.79. The van der Waals surface area contributed by atoms with Crippen LogP contribution in [0.5, 0.6) is 0 Å². The second-order valence-electron chi connectivity index (χ2n) is 3.10. The topological polar surface area (TPSA) is 37.3 Å². The van der Waals surface area contributed by atoms with Crippen LogP contribution in [0.25, 0.3) is 0 Å². The monoisotopic (exact) mass is 166 g/mol. The first-order valence-electron chi connectivity index (χ1n) is 4.01. The van der Waals surface area contributed by atoms with Gasteiger partial charge in [-0.15, -0.1) is 0 Å². The van der Waals surface area contributed by atoms with Crippen LogP contribution < -0.4 is 0 Å². The predicted molar refractivity (Wildman–Crippen MR) is 44.6 cm³/mol. The molecule has 0 aromatic rings. The molecule has 0 spiro atoms. The van der Waals surface area contributed by atoms with Crippen molar-refractivity contribution in [3.05, 3.63) is 0 Å². The Kier molecular flexibility index (Phi) is 5.96. The molecule has 0 unspecified atom stereocenters. The average molecular weight is 167 g/mol. The molecule has 0 heterocycles. The zero-order valence-electron chi connectivity index (χ0n) is 6.88. The summed E-state index contributed by atoms with van der Waals surface area (Å²) in [5.41, 5.74) is 0. The fraction of sp³-hybridized carbons (Fsp3) is 0.875. The van der Waals surface area contributed by atoms with Gasteiger partial charge in [-0.25, -0.2) is 0 Å². The summed E-state index contributed by atoms with van der Waals surface area (Å²) in [6.45, 7) is 0. The summed E-state index contributed by atoms with van der Waals surface area (Å²) in [6, 6.07) is 0. The summed E-state index contributed by atoms with van der Waals surface area (Å²) in [4.78, 5) is 10.3. The van der Waals surface area contributed by atoms with Crippen molar-refractivity contribution in [1.82, 2.24) is 0 Å². The van der Waals surface area contributed by atoms with E-state index in [1.807, 2.05) is 0 Å². The third-order valence-electron chi connectivity index (χ3n) is 2.19. The molecule has 1 aliphatic carbocycles. The van der Waals surface area contributed by atoms with Crippen LogP contribution in [0.2, 0.25) is 0 Å². The zero-order chi connectivity index (χ0) is 7.40. The molecule has 0 aromatic heterocycles. The van der Waals surface area contributed by atoms with Gasteiger partial charge in [-0.1, -0.05) is 19.3 Å². The molecule has 2 nitrogen and oxygen atoms in total. The van der Waals surface area contributed by atoms with E-state index in [-0.39, 0.29) is 23.1 Å². The number of rotatable bonds is 2. The zero-order valence-corrected chi connectivity index (χ0v) is 8.30. The van der Waals surface area contributed by atoms with Crippen molar-refractivity contribution in [3.8, 4) is 0 Å². The van der Waals surface area contributed by atoms with Crippen LogP contribution in [-0.2, 0) is 4.79 Å². The van der Waals surface area contributed by atoms with Crippen molar-refractivity contribution < 1.29 is 9.90 Å². The van der Waals surface area contributed by atoms with Crippen LogP contribution in [0.15, 0.2) is 0 Å². The van der Waals surface area contributed by atoms with Gasteiger partial charge in [-0.2, -0.15) is 0 Å². The van der Waals surface area contributed by atoms with E-state index < -0.39 is 5.97 Å². The molecule has 0 aliphatic heterocycles. The van der Waals surface area contributed by atoms with Crippen LogP contribution in [-0.4, -0.2) is 34.1 Å². The lowest BCUT2D eigenvalue weighted by Crippen LogP contribution is -2.10. The van der Waals surface area contributed by atoms with E-state index in [1.54, 1.807) is 0 Å². The van der Waals surface area contributed by atoms with Gasteiger partial charge in [0.25, 0.3) is 0 Å². The molecule has 2 radical (unpaired) electrons. The molecular formula is C8H14MgO2. The smallest absolute Gasteiger partial charge is 0.303 e. The molecule has 60 valence electrons. The number of carbonyl (C=O) groups is 1. The summed E-state index contributed by atoms with van der Waals surface area (Å²) in [7, 11) is 0. The van der Waals surface area contributed by atoms with Crippen LogP contribution >= 0.6 is 0 Å². The lowest BCUT2D eigenvalue weighted by molar-refractivity contribution is -0.138. The molecule has 1 fully saturated rings. The maximum atomic E-state index is 10.3. The molecule has 0 aromatic carbocycles. The fourth-order valence-electron chi connectivity index (χ4n) is 1.64. The SMILES string of the molecule is O=C(O)CC1CCCCC1.[Mg]. The van der Waals surface area contributed by atoms with Crippen LogP contribution in [0.1, 0.15) is 38.5 Å². The lowest BCUT2D eigenvalue weighted by atomic mass is 9.87. The minimum absolute atomic E-state index is 0. The lowest BCUT2D eigenvalue weighted by Gasteiger charge is -2.18. The molecule has 1 rings (SSSR count). The molecule has 0 atom stereocenters. The Hall–Kier alpha value is 0.236. The van der Waals surface area contributed by atoms with Crippen LogP contribution in [0.3, 0.4) is 0 Å². The largest absolute Gasteiger partial charge is 0.481 e. The second kappa shape index (κ2) is 5.83. The second-order valence-corrected chi connectivity index (χ2v) is 3.10. The average Bonchev–Trinajstić information content (AvgIpc) is 1.88. The van der Waals surface area contributed by atoms with Crippen LogP contribution in [0.4, 0.5) is 0 Å². The van der Waals surface area contributed by atoms with Crippen LogP contribution in [0, 0.1) is 5.92 Å².